The van der Waals surface area contributed by atoms with E-state index < -0.39 is 11.7 Å². The molecule has 0 aromatic heterocycles. The molecule has 2 atom stereocenters. The number of halogens is 3. The normalized spacial score (nSPS) is 14.0. The van der Waals surface area contributed by atoms with Crippen molar-refractivity contribution < 1.29 is 22.6 Å². The van der Waals surface area contributed by atoms with Crippen molar-refractivity contribution >= 4 is 0 Å². The molecule has 0 amide bonds. The van der Waals surface area contributed by atoms with Gasteiger partial charge in [-0.05, 0) is 49.7 Å². The quantitative estimate of drug-likeness (QED) is 0.780. The van der Waals surface area contributed by atoms with Gasteiger partial charge < -0.3 is 14.8 Å². The molecule has 0 aliphatic heterocycles. The van der Waals surface area contributed by atoms with Crippen molar-refractivity contribution in [1.29, 1.82) is 0 Å². The van der Waals surface area contributed by atoms with Gasteiger partial charge in [0.25, 0.3) is 0 Å². The topological polar surface area (TPSA) is 30.5 Å². The molecule has 136 valence electrons. The van der Waals surface area contributed by atoms with Crippen molar-refractivity contribution in [2.24, 2.45) is 0 Å². The SMILES string of the molecule is COc1ccc(OC)c(C(C)NC(C)c2cccc(C(F)(F)F)c2)c1. The molecule has 3 nitrogen and oxygen atoms in total. The van der Waals surface area contributed by atoms with E-state index in [1.54, 1.807) is 32.4 Å². The van der Waals surface area contributed by atoms with Crippen molar-refractivity contribution in [3.05, 3.63) is 59.2 Å². The highest BCUT2D eigenvalue weighted by molar-refractivity contribution is 5.42. The minimum atomic E-state index is -4.35. The fourth-order valence-corrected chi connectivity index (χ4v) is 2.72. The van der Waals surface area contributed by atoms with E-state index in [1.165, 1.54) is 12.1 Å². The van der Waals surface area contributed by atoms with Crippen LogP contribution in [0.5, 0.6) is 11.5 Å². The van der Waals surface area contributed by atoms with Gasteiger partial charge in [-0.1, -0.05) is 12.1 Å². The molecule has 0 fully saturated rings. The number of nitrogens with one attached hydrogen (secondary N) is 1. The van der Waals surface area contributed by atoms with Crippen LogP contribution >= 0.6 is 0 Å². The number of hydrogen-bond acceptors (Lipinski definition) is 3. The number of methoxy groups -OCH3 is 2. The molecular weight excluding hydrogens is 331 g/mol. The van der Waals surface area contributed by atoms with Gasteiger partial charge in [0.1, 0.15) is 11.5 Å². The van der Waals surface area contributed by atoms with Crippen molar-refractivity contribution in [3.8, 4) is 11.5 Å². The summed E-state index contributed by atoms with van der Waals surface area (Å²) in [4.78, 5) is 0. The first kappa shape index (κ1) is 19.1. The van der Waals surface area contributed by atoms with Crippen LogP contribution in [0.2, 0.25) is 0 Å². The van der Waals surface area contributed by atoms with E-state index >= 15 is 0 Å². The molecule has 2 rings (SSSR count). The van der Waals surface area contributed by atoms with Gasteiger partial charge in [0, 0.05) is 17.6 Å². The molecule has 25 heavy (non-hydrogen) atoms. The molecule has 0 aliphatic rings. The van der Waals surface area contributed by atoms with Crippen LogP contribution in [0.15, 0.2) is 42.5 Å². The van der Waals surface area contributed by atoms with Crippen molar-refractivity contribution in [1.82, 2.24) is 5.32 Å². The minimum Gasteiger partial charge on any atom is -0.497 e. The molecule has 6 heteroatoms. The Balaban J connectivity index is 2.22. The molecule has 0 spiro atoms. The molecule has 0 saturated carbocycles. The number of hydrogen-bond donors (Lipinski definition) is 1. The van der Waals surface area contributed by atoms with Crippen LogP contribution in [0.4, 0.5) is 13.2 Å². The van der Waals surface area contributed by atoms with Gasteiger partial charge in [0.05, 0.1) is 19.8 Å². The Bertz CT molecular complexity index is 716. The summed E-state index contributed by atoms with van der Waals surface area (Å²) in [5.74, 6) is 1.38. The van der Waals surface area contributed by atoms with E-state index in [-0.39, 0.29) is 12.1 Å². The highest BCUT2D eigenvalue weighted by Crippen LogP contribution is 2.33. The average Bonchev–Trinajstić information content (AvgIpc) is 2.60. The Morgan fingerprint density at radius 2 is 1.64 bits per heavy atom. The van der Waals surface area contributed by atoms with Gasteiger partial charge >= 0.3 is 6.18 Å². The van der Waals surface area contributed by atoms with Gasteiger partial charge in [0.2, 0.25) is 0 Å². The molecule has 1 N–H and O–H groups in total. The maximum Gasteiger partial charge on any atom is 0.416 e. The van der Waals surface area contributed by atoms with Crippen LogP contribution in [-0.2, 0) is 6.18 Å². The maximum atomic E-state index is 12.9. The van der Waals surface area contributed by atoms with Crippen LogP contribution in [0, 0.1) is 0 Å². The second-order valence-electron chi connectivity index (χ2n) is 5.84. The predicted octanol–water partition coefficient (Wildman–Crippen LogP) is 5.13. The predicted molar refractivity (Wildman–Crippen MR) is 91.0 cm³/mol. The van der Waals surface area contributed by atoms with E-state index in [0.717, 1.165) is 11.6 Å². The lowest BCUT2D eigenvalue weighted by Gasteiger charge is -2.23. The Morgan fingerprint density at radius 1 is 0.920 bits per heavy atom. The van der Waals surface area contributed by atoms with E-state index in [2.05, 4.69) is 5.32 Å². The lowest BCUT2D eigenvalue weighted by atomic mass is 10.0. The molecule has 0 radical (unpaired) electrons. The molecule has 2 aromatic carbocycles. The summed E-state index contributed by atoms with van der Waals surface area (Å²) in [5, 5.41) is 3.31. The summed E-state index contributed by atoms with van der Waals surface area (Å²) < 4.78 is 49.3. The average molecular weight is 353 g/mol. The van der Waals surface area contributed by atoms with Gasteiger partial charge in [0.15, 0.2) is 0 Å². The fourth-order valence-electron chi connectivity index (χ4n) is 2.72. The minimum absolute atomic E-state index is 0.144. The van der Waals surface area contributed by atoms with Crippen LogP contribution in [0.3, 0.4) is 0 Å². The first-order chi connectivity index (χ1) is 11.8. The monoisotopic (exact) mass is 353 g/mol. The Hall–Kier alpha value is -2.21. The molecule has 2 unspecified atom stereocenters. The summed E-state index contributed by atoms with van der Waals surface area (Å²) in [5.41, 5.74) is 0.800. The van der Waals surface area contributed by atoms with Crippen LogP contribution in [0.25, 0.3) is 0 Å². The Kier molecular flexibility index (Phi) is 5.95. The van der Waals surface area contributed by atoms with Crippen LogP contribution in [0.1, 0.15) is 42.6 Å². The lowest BCUT2D eigenvalue weighted by molar-refractivity contribution is -0.137. The smallest absolute Gasteiger partial charge is 0.416 e. The molecule has 0 bridgehead atoms. The Morgan fingerprint density at radius 3 is 2.24 bits per heavy atom. The zero-order chi connectivity index (χ0) is 18.6. The fraction of sp³-hybridized carbons (Fsp3) is 0.368. The first-order valence-electron chi connectivity index (χ1n) is 7.91. The van der Waals surface area contributed by atoms with Crippen LogP contribution < -0.4 is 14.8 Å². The van der Waals surface area contributed by atoms with E-state index in [1.807, 2.05) is 19.9 Å². The van der Waals surface area contributed by atoms with Crippen LogP contribution in [-0.4, -0.2) is 14.2 Å². The van der Waals surface area contributed by atoms with Crippen molar-refractivity contribution in [2.45, 2.75) is 32.1 Å². The number of benzene rings is 2. The third kappa shape index (κ3) is 4.66. The van der Waals surface area contributed by atoms with E-state index in [9.17, 15) is 13.2 Å². The van der Waals surface area contributed by atoms with Gasteiger partial charge in [-0.3, -0.25) is 0 Å². The lowest BCUT2D eigenvalue weighted by Crippen LogP contribution is -2.23. The number of ether oxygens (including phenoxy) is 2. The molecule has 0 saturated heterocycles. The molecule has 0 aliphatic carbocycles. The highest BCUT2D eigenvalue weighted by Gasteiger charge is 2.30. The molecular formula is C19H22F3NO2. The summed E-state index contributed by atoms with van der Waals surface area (Å²) >= 11 is 0. The second kappa shape index (κ2) is 7.78. The van der Waals surface area contributed by atoms with Crippen molar-refractivity contribution in [3.63, 3.8) is 0 Å². The third-order valence-electron chi connectivity index (χ3n) is 4.12. The van der Waals surface area contributed by atoms with Gasteiger partial charge in [-0.15, -0.1) is 0 Å². The summed E-state index contributed by atoms with van der Waals surface area (Å²) in [7, 11) is 3.16. The zero-order valence-corrected chi connectivity index (χ0v) is 14.6. The van der Waals surface area contributed by atoms with E-state index in [4.69, 9.17) is 9.47 Å². The number of rotatable bonds is 6. The number of alkyl halides is 3. The zero-order valence-electron chi connectivity index (χ0n) is 14.6. The standard InChI is InChI=1S/C19H22F3NO2/c1-12(14-6-5-7-15(10-14)19(20,21)22)23-13(2)17-11-16(24-3)8-9-18(17)25-4/h5-13,23H,1-4H3. The summed E-state index contributed by atoms with van der Waals surface area (Å²) in [6, 6.07) is 10.4. The van der Waals surface area contributed by atoms with Crippen molar-refractivity contribution in [2.75, 3.05) is 14.2 Å². The largest absolute Gasteiger partial charge is 0.497 e. The highest BCUT2D eigenvalue weighted by atomic mass is 19.4. The first-order valence-corrected chi connectivity index (χ1v) is 7.91. The van der Waals surface area contributed by atoms with E-state index in [0.29, 0.717) is 17.1 Å². The van der Waals surface area contributed by atoms with Gasteiger partial charge in [-0.25, -0.2) is 0 Å². The molecule has 0 heterocycles. The molecule has 2 aromatic rings. The summed E-state index contributed by atoms with van der Waals surface area (Å²) in [6.07, 6.45) is -4.35. The maximum absolute atomic E-state index is 12.9. The van der Waals surface area contributed by atoms with Gasteiger partial charge in [-0.2, -0.15) is 13.2 Å². The summed E-state index contributed by atoms with van der Waals surface area (Å²) in [6.45, 7) is 3.76. The third-order valence-corrected chi connectivity index (χ3v) is 4.12. The Labute approximate surface area is 145 Å². The second-order valence-corrected chi connectivity index (χ2v) is 5.84.